The molecule has 0 bridgehead atoms. The van der Waals surface area contributed by atoms with Gasteiger partial charge in [0.1, 0.15) is 5.75 Å². The molecule has 2 aromatic rings. The third-order valence-electron chi connectivity index (χ3n) is 7.16. The second-order valence-corrected chi connectivity index (χ2v) is 10.2. The van der Waals surface area contributed by atoms with Crippen LogP contribution in [0.15, 0.2) is 48.6 Å². The molecule has 9 heteroatoms. The summed E-state index contributed by atoms with van der Waals surface area (Å²) in [6, 6.07) is 3.55. The molecule has 2 N–H and O–H groups in total. The van der Waals surface area contributed by atoms with Crippen LogP contribution in [-0.4, -0.2) is 51.7 Å². The third kappa shape index (κ3) is 6.35. The normalized spacial score (nSPS) is 19.4. The Labute approximate surface area is 228 Å². The molecule has 4 rings (SSSR count). The van der Waals surface area contributed by atoms with Crippen LogP contribution in [0.4, 0.5) is 5.95 Å². The minimum Gasteiger partial charge on any atom is -0.490 e. The Morgan fingerprint density at radius 3 is 2.66 bits per heavy atom. The van der Waals surface area contributed by atoms with Gasteiger partial charge in [-0.3, -0.25) is 14.9 Å². The second-order valence-electron chi connectivity index (χ2n) is 9.84. The number of benzene rings is 1. The van der Waals surface area contributed by atoms with Gasteiger partial charge in [0.05, 0.1) is 28.2 Å². The molecule has 8 nitrogen and oxygen atoms in total. The van der Waals surface area contributed by atoms with Crippen LogP contribution in [-0.2, 0) is 9.59 Å². The number of amides is 2. The number of allylic oxidation sites excluding steroid dienone is 2. The van der Waals surface area contributed by atoms with Gasteiger partial charge in [0.2, 0.25) is 11.9 Å². The first-order valence-electron chi connectivity index (χ1n) is 13.4. The molecule has 202 valence electrons. The van der Waals surface area contributed by atoms with Gasteiger partial charge in [-0.15, -0.1) is 0 Å². The Bertz CT molecular complexity index is 1260. The fraction of sp³-hybridized carbons (Fsp3) is 0.448. The maximum atomic E-state index is 13.2. The van der Waals surface area contributed by atoms with Crippen LogP contribution in [0.5, 0.6) is 5.75 Å². The van der Waals surface area contributed by atoms with Gasteiger partial charge in [-0.1, -0.05) is 36.8 Å². The Morgan fingerprint density at radius 2 is 1.95 bits per heavy atom. The molecule has 2 aliphatic rings. The van der Waals surface area contributed by atoms with Crippen LogP contribution in [0.25, 0.3) is 11.0 Å². The van der Waals surface area contributed by atoms with Crippen molar-refractivity contribution in [1.82, 2.24) is 14.5 Å². The number of hydrogen-bond donors (Lipinski definition) is 2. The van der Waals surface area contributed by atoms with Crippen LogP contribution in [0.3, 0.4) is 0 Å². The monoisotopic (exact) mass is 537 g/mol. The summed E-state index contributed by atoms with van der Waals surface area (Å²) in [5, 5.41) is 10.8. The summed E-state index contributed by atoms with van der Waals surface area (Å²) >= 11 is 6.88. The molecule has 1 saturated heterocycles. The number of nitrogens with zero attached hydrogens (tertiary/aromatic N) is 3. The predicted octanol–water partition coefficient (Wildman–Crippen LogP) is 6.23. The molecule has 2 heterocycles. The quantitative estimate of drug-likeness (QED) is 0.237. The molecule has 0 radical (unpaired) electrons. The molecule has 0 spiro atoms. The van der Waals surface area contributed by atoms with E-state index in [1.54, 1.807) is 17.1 Å². The lowest BCUT2D eigenvalue weighted by Crippen LogP contribution is -2.34. The minimum atomic E-state index is -0.384. The van der Waals surface area contributed by atoms with Crippen molar-refractivity contribution < 1.29 is 14.3 Å². The first kappa shape index (κ1) is 27.6. The van der Waals surface area contributed by atoms with E-state index in [9.17, 15) is 9.59 Å². The van der Waals surface area contributed by atoms with Gasteiger partial charge in [0.15, 0.2) is 0 Å². The third-order valence-corrected chi connectivity index (χ3v) is 7.45. The van der Waals surface area contributed by atoms with Crippen molar-refractivity contribution in [2.45, 2.75) is 70.4 Å². The number of imidazole rings is 1. The van der Waals surface area contributed by atoms with Crippen molar-refractivity contribution in [2.24, 2.45) is 0 Å². The molecule has 1 saturated carbocycles. The van der Waals surface area contributed by atoms with E-state index < -0.39 is 0 Å². The van der Waals surface area contributed by atoms with E-state index in [0.29, 0.717) is 46.4 Å². The number of likely N-dealkylation sites (tertiary alicyclic amines) is 1. The van der Waals surface area contributed by atoms with E-state index in [-0.39, 0.29) is 24.0 Å². The summed E-state index contributed by atoms with van der Waals surface area (Å²) in [7, 11) is 0. The summed E-state index contributed by atoms with van der Waals surface area (Å²) < 4.78 is 8.23. The maximum Gasteiger partial charge on any atom is 0.258 e. The van der Waals surface area contributed by atoms with Gasteiger partial charge in [0.25, 0.3) is 5.91 Å². The van der Waals surface area contributed by atoms with Crippen LogP contribution in [0.1, 0.15) is 64.3 Å². The number of carbonyl (C=O) groups is 2. The number of fused-ring (bicyclic) bond motifs is 1. The van der Waals surface area contributed by atoms with Crippen molar-refractivity contribution in [3.05, 3.63) is 53.6 Å². The van der Waals surface area contributed by atoms with Crippen LogP contribution in [0, 0.1) is 5.41 Å². The van der Waals surface area contributed by atoms with Crippen molar-refractivity contribution in [3.8, 4) is 5.75 Å². The molecular weight excluding hydrogens is 502 g/mol. The van der Waals surface area contributed by atoms with Crippen molar-refractivity contribution in [1.29, 1.82) is 5.41 Å². The standard InChI is InChI=1S/C29H36ClN5O3/c1-3-10-20(14-15-31)28(37)33-29-32-25-18-23(38-22-12-6-5-7-13-22)17-24(30)27(25)35(29)21-11-8-9-16-34(19-21)26(36)4-2/h3-4,10,14-15,17-18,21-22,31H,2,5-9,11-13,16,19H2,1H3,(H,32,33,37)/b10-3+,20-14+,31-15?/t21-/m1/s1. The van der Waals surface area contributed by atoms with Gasteiger partial charge in [-0.2, -0.15) is 0 Å². The zero-order valence-corrected chi connectivity index (χ0v) is 22.7. The molecule has 2 fully saturated rings. The van der Waals surface area contributed by atoms with Crippen molar-refractivity contribution >= 4 is 46.6 Å². The van der Waals surface area contributed by atoms with Gasteiger partial charge < -0.3 is 19.6 Å². The van der Waals surface area contributed by atoms with Crippen LogP contribution < -0.4 is 10.1 Å². The number of rotatable bonds is 8. The number of hydrogen-bond acceptors (Lipinski definition) is 5. The highest BCUT2D eigenvalue weighted by molar-refractivity contribution is 6.35. The van der Waals surface area contributed by atoms with Crippen LogP contribution >= 0.6 is 11.6 Å². The Balaban J connectivity index is 1.77. The smallest absolute Gasteiger partial charge is 0.258 e. The minimum absolute atomic E-state index is 0.120. The highest BCUT2D eigenvalue weighted by Gasteiger charge is 2.28. The zero-order valence-electron chi connectivity index (χ0n) is 21.9. The second kappa shape index (κ2) is 12.9. The lowest BCUT2D eigenvalue weighted by molar-refractivity contribution is -0.126. The highest BCUT2D eigenvalue weighted by Crippen LogP contribution is 2.37. The first-order valence-corrected chi connectivity index (χ1v) is 13.8. The van der Waals surface area contributed by atoms with Gasteiger partial charge in [-0.05, 0) is 64.0 Å². The number of aromatic nitrogens is 2. The molecule has 0 unspecified atom stereocenters. The fourth-order valence-corrected chi connectivity index (χ4v) is 5.65. The number of carbonyl (C=O) groups excluding carboxylic acids is 2. The van der Waals surface area contributed by atoms with E-state index in [1.165, 1.54) is 18.6 Å². The molecule has 1 aromatic heterocycles. The van der Waals surface area contributed by atoms with Gasteiger partial charge >= 0.3 is 0 Å². The van der Waals surface area contributed by atoms with E-state index >= 15 is 0 Å². The average Bonchev–Trinajstić information content (AvgIpc) is 3.09. The lowest BCUT2D eigenvalue weighted by atomic mass is 9.98. The zero-order chi connectivity index (χ0) is 27.1. The molecule has 1 aliphatic heterocycles. The topological polar surface area (TPSA) is 100 Å². The summed E-state index contributed by atoms with van der Waals surface area (Å²) in [5.41, 5.74) is 1.64. The Morgan fingerprint density at radius 1 is 1.18 bits per heavy atom. The summed E-state index contributed by atoms with van der Waals surface area (Å²) in [6.07, 6.45) is 15.6. The summed E-state index contributed by atoms with van der Waals surface area (Å²) in [5.74, 6) is 0.510. The maximum absolute atomic E-state index is 13.2. The van der Waals surface area contributed by atoms with Gasteiger partial charge in [-0.25, -0.2) is 4.98 Å². The summed E-state index contributed by atoms with van der Waals surface area (Å²) in [4.78, 5) is 32.3. The van der Waals surface area contributed by atoms with E-state index in [4.69, 9.17) is 26.7 Å². The van der Waals surface area contributed by atoms with Crippen LogP contribution in [0.2, 0.25) is 5.02 Å². The number of anilines is 1. The molecule has 1 aromatic carbocycles. The predicted molar refractivity (Wildman–Crippen MR) is 152 cm³/mol. The average molecular weight is 538 g/mol. The van der Waals surface area contributed by atoms with E-state index in [2.05, 4.69) is 11.9 Å². The molecule has 1 atom stereocenters. The van der Waals surface area contributed by atoms with Crippen molar-refractivity contribution in [3.63, 3.8) is 0 Å². The van der Waals surface area contributed by atoms with Crippen molar-refractivity contribution in [2.75, 3.05) is 18.4 Å². The largest absolute Gasteiger partial charge is 0.490 e. The number of nitrogens with one attached hydrogen (secondary N) is 2. The Kier molecular flexibility index (Phi) is 9.39. The lowest BCUT2D eigenvalue weighted by Gasteiger charge is -2.26. The number of halogens is 1. The van der Waals surface area contributed by atoms with E-state index in [1.807, 2.05) is 23.6 Å². The molecule has 1 aliphatic carbocycles. The highest BCUT2D eigenvalue weighted by atomic mass is 35.5. The fourth-order valence-electron chi connectivity index (χ4n) is 5.35. The number of ether oxygens (including phenoxy) is 1. The molecule has 38 heavy (non-hydrogen) atoms. The Hall–Kier alpha value is -3.39. The molecule has 2 amide bonds. The van der Waals surface area contributed by atoms with Gasteiger partial charge in [0, 0.05) is 37.0 Å². The first-order chi connectivity index (χ1) is 18.4. The summed E-state index contributed by atoms with van der Waals surface area (Å²) in [6.45, 7) is 6.57. The SMILES string of the molecule is C=CC(=O)N1CCCC[C@@H](n2c(NC(=O)C(/C=C/C)=C/C=N)nc3cc(OC4CCCCC4)cc(Cl)c32)C1. The van der Waals surface area contributed by atoms with E-state index in [0.717, 1.165) is 51.2 Å². The molecular formula is C29H36ClN5O3.